The average molecular weight is 326 g/mol. The molecule has 1 aliphatic heterocycles. The number of rotatable bonds is 5. The standard InChI is InChI=1S/C13H21F3N2O2S/c1-5-12(4)11(20)18(6-7-21-13(14,15)16)9(8(2)3)10(19)17-12/h8-9H,5-7H2,1-4H3,(H,17,19). The quantitative estimate of drug-likeness (QED) is 0.844. The number of piperazine rings is 1. The normalized spacial score (nSPS) is 27.2. The zero-order chi connectivity index (χ0) is 16.4. The van der Waals surface area contributed by atoms with Crippen molar-refractivity contribution in [1.29, 1.82) is 0 Å². The lowest BCUT2D eigenvalue weighted by Gasteiger charge is -2.45. The van der Waals surface area contributed by atoms with Crippen LogP contribution in [0.3, 0.4) is 0 Å². The molecule has 0 radical (unpaired) electrons. The number of carbonyl (C=O) groups is 2. The van der Waals surface area contributed by atoms with Gasteiger partial charge < -0.3 is 10.2 Å². The summed E-state index contributed by atoms with van der Waals surface area (Å²) >= 11 is -0.174. The molecule has 0 aromatic carbocycles. The lowest BCUT2D eigenvalue weighted by molar-refractivity contribution is -0.155. The molecule has 1 aliphatic rings. The third-order valence-electron chi connectivity index (χ3n) is 3.67. The number of nitrogens with one attached hydrogen (secondary N) is 1. The number of thioether (sulfide) groups is 1. The fourth-order valence-electron chi connectivity index (χ4n) is 2.39. The molecule has 0 saturated carbocycles. The second-order valence-corrected chi connectivity index (χ2v) is 6.82. The number of amides is 2. The number of carbonyl (C=O) groups excluding carboxylic acids is 2. The van der Waals surface area contributed by atoms with Gasteiger partial charge in [-0.1, -0.05) is 20.8 Å². The Morgan fingerprint density at radius 1 is 1.38 bits per heavy atom. The van der Waals surface area contributed by atoms with Crippen LogP contribution in [-0.2, 0) is 9.59 Å². The predicted molar refractivity (Wildman–Crippen MR) is 75.7 cm³/mol. The molecule has 0 spiro atoms. The molecule has 1 saturated heterocycles. The Hall–Kier alpha value is -0.920. The van der Waals surface area contributed by atoms with Crippen LogP contribution in [0.2, 0.25) is 0 Å². The van der Waals surface area contributed by atoms with Gasteiger partial charge in [-0.3, -0.25) is 9.59 Å². The van der Waals surface area contributed by atoms with E-state index in [0.717, 1.165) is 0 Å². The molecule has 2 unspecified atom stereocenters. The van der Waals surface area contributed by atoms with Crippen LogP contribution in [-0.4, -0.2) is 46.1 Å². The topological polar surface area (TPSA) is 49.4 Å². The van der Waals surface area contributed by atoms with Crippen LogP contribution >= 0.6 is 11.8 Å². The maximum absolute atomic E-state index is 12.5. The van der Waals surface area contributed by atoms with Gasteiger partial charge >= 0.3 is 5.51 Å². The minimum Gasteiger partial charge on any atom is -0.340 e. The predicted octanol–water partition coefficient (Wildman–Crippen LogP) is 2.39. The van der Waals surface area contributed by atoms with Gasteiger partial charge in [-0.05, 0) is 31.0 Å². The average Bonchev–Trinajstić information content (AvgIpc) is 2.33. The summed E-state index contributed by atoms with van der Waals surface area (Å²) in [5, 5.41) is 2.70. The Bertz CT molecular complexity index is 415. The van der Waals surface area contributed by atoms with Gasteiger partial charge in [0.1, 0.15) is 11.6 Å². The van der Waals surface area contributed by atoms with Crippen LogP contribution in [0, 0.1) is 5.92 Å². The summed E-state index contributed by atoms with van der Waals surface area (Å²) in [6.45, 7) is 6.82. The summed E-state index contributed by atoms with van der Waals surface area (Å²) in [7, 11) is 0. The van der Waals surface area contributed by atoms with Gasteiger partial charge in [0.15, 0.2) is 0 Å². The first-order valence-electron chi connectivity index (χ1n) is 6.85. The molecular weight excluding hydrogens is 305 g/mol. The molecule has 122 valence electrons. The lowest BCUT2D eigenvalue weighted by atomic mass is 9.88. The zero-order valence-corrected chi connectivity index (χ0v) is 13.4. The van der Waals surface area contributed by atoms with E-state index < -0.39 is 17.1 Å². The SMILES string of the molecule is CCC1(C)NC(=O)C(C(C)C)N(CCSC(F)(F)F)C1=O. The molecule has 0 bridgehead atoms. The third kappa shape index (κ3) is 4.28. The first kappa shape index (κ1) is 18.1. The van der Waals surface area contributed by atoms with Crippen molar-refractivity contribution in [1.82, 2.24) is 10.2 Å². The molecule has 0 aromatic rings. The molecule has 1 rings (SSSR count). The molecule has 0 aromatic heterocycles. The highest BCUT2D eigenvalue weighted by molar-refractivity contribution is 8.00. The Labute approximate surface area is 126 Å². The minimum absolute atomic E-state index is 0.0884. The number of alkyl halides is 3. The Kier molecular flexibility index (Phi) is 5.57. The first-order chi connectivity index (χ1) is 9.52. The van der Waals surface area contributed by atoms with E-state index in [1.807, 2.05) is 0 Å². The van der Waals surface area contributed by atoms with E-state index in [4.69, 9.17) is 0 Å². The summed E-state index contributed by atoms with van der Waals surface area (Å²) < 4.78 is 36.7. The van der Waals surface area contributed by atoms with Gasteiger partial charge in [-0.25, -0.2) is 0 Å². The maximum atomic E-state index is 12.5. The van der Waals surface area contributed by atoms with Crippen LogP contribution in [0.5, 0.6) is 0 Å². The van der Waals surface area contributed by atoms with Crippen LogP contribution in [0.4, 0.5) is 13.2 Å². The largest absolute Gasteiger partial charge is 0.441 e. The van der Waals surface area contributed by atoms with E-state index in [0.29, 0.717) is 6.42 Å². The number of hydrogen-bond donors (Lipinski definition) is 1. The molecule has 0 aliphatic carbocycles. The van der Waals surface area contributed by atoms with Crippen molar-refractivity contribution in [2.24, 2.45) is 5.92 Å². The van der Waals surface area contributed by atoms with Gasteiger partial charge in [0.25, 0.3) is 0 Å². The van der Waals surface area contributed by atoms with Crippen molar-refractivity contribution >= 4 is 23.6 Å². The zero-order valence-electron chi connectivity index (χ0n) is 12.6. The fourth-order valence-corrected chi connectivity index (χ4v) is 2.91. The van der Waals surface area contributed by atoms with Crippen molar-refractivity contribution in [2.75, 3.05) is 12.3 Å². The highest BCUT2D eigenvalue weighted by Gasteiger charge is 2.47. The van der Waals surface area contributed by atoms with E-state index >= 15 is 0 Å². The van der Waals surface area contributed by atoms with E-state index in [2.05, 4.69) is 5.32 Å². The fraction of sp³-hybridized carbons (Fsp3) is 0.846. The first-order valence-corrected chi connectivity index (χ1v) is 7.84. The Morgan fingerprint density at radius 3 is 2.38 bits per heavy atom. The monoisotopic (exact) mass is 326 g/mol. The van der Waals surface area contributed by atoms with Crippen molar-refractivity contribution in [2.45, 2.75) is 51.2 Å². The van der Waals surface area contributed by atoms with Gasteiger partial charge in [-0.15, -0.1) is 0 Å². The van der Waals surface area contributed by atoms with Crippen LogP contribution < -0.4 is 5.32 Å². The van der Waals surface area contributed by atoms with E-state index in [-0.39, 0.29) is 41.8 Å². The minimum atomic E-state index is -4.33. The number of halogens is 3. The smallest absolute Gasteiger partial charge is 0.340 e. The summed E-state index contributed by atoms with van der Waals surface area (Å²) in [6.07, 6.45) is 0.394. The van der Waals surface area contributed by atoms with Gasteiger partial charge in [0.05, 0.1) is 0 Å². The molecular formula is C13H21F3N2O2S. The van der Waals surface area contributed by atoms with Crippen LogP contribution in [0.1, 0.15) is 34.1 Å². The van der Waals surface area contributed by atoms with E-state index in [1.54, 1.807) is 27.7 Å². The lowest BCUT2D eigenvalue weighted by Crippen LogP contribution is -2.70. The Morgan fingerprint density at radius 2 is 1.95 bits per heavy atom. The molecule has 8 heteroatoms. The maximum Gasteiger partial charge on any atom is 0.441 e. The molecule has 1 heterocycles. The molecule has 2 atom stereocenters. The second-order valence-electron chi connectivity index (χ2n) is 5.66. The van der Waals surface area contributed by atoms with Crippen LogP contribution in [0.15, 0.2) is 0 Å². The number of hydrogen-bond acceptors (Lipinski definition) is 3. The Balaban J connectivity index is 2.91. The third-order valence-corrected chi connectivity index (χ3v) is 4.39. The van der Waals surface area contributed by atoms with Crippen molar-refractivity contribution in [3.63, 3.8) is 0 Å². The highest BCUT2D eigenvalue weighted by atomic mass is 32.2. The molecule has 21 heavy (non-hydrogen) atoms. The van der Waals surface area contributed by atoms with Gasteiger partial charge in [-0.2, -0.15) is 13.2 Å². The molecule has 1 fully saturated rings. The number of nitrogens with zero attached hydrogens (tertiary/aromatic N) is 1. The molecule has 2 amide bonds. The summed E-state index contributed by atoms with van der Waals surface area (Å²) in [5.74, 6) is -1.05. The summed E-state index contributed by atoms with van der Waals surface area (Å²) in [6, 6.07) is -0.717. The van der Waals surface area contributed by atoms with E-state index in [9.17, 15) is 22.8 Å². The van der Waals surface area contributed by atoms with Crippen molar-refractivity contribution in [3.05, 3.63) is 0 Å². The van der Waals surface area contributed by atoms with Crippen molar-refractivity contribution < 1.29 is 22.8 Å². The van der Waals surface area contributed by atoms with Crippen LogP contribution in [0.25, 0.3) is 0 Å². The van der Waals surface area contributed by atoms with Gasteiger partial charge in [0.2, 0.25) is 11.8 Å². The summed E-state index contributed by atoms with van der Waals surface area (Å²) in [4.78, 5) is 26.0. The second kappa shape index (κ2) is 6.46. The summed E-state index contributed by atoms with van der Waals surface area (Å²) in [5.41, 5.74) is -5.37. The van der Waals surface area contributed by atoms with Crippen molar-refractivity contribution in [3.8, 4) is 0 Å². The van der Waals surface area contributed by atoms with E-state index in [1.165, 1.54) is 4.90 Å². The molecule has 4 nitrogen and oxygen atoms in total. The van der Waals surface area contributed by atoms with Gasteiger partial charge in [0, 0.05) is 12.3 Å². The highest BCUT2D eigenvalue weighted by Crippen LogP contribution is 2.31. The molecule has 1 N–H and O–H groups in total.